The molecule has 0 radical (unpaired) electrons. The second-order valence-corrected chi connectivity index (χ2v) is 6.78. The van der Waals surface area contributed by atoms with Crippen LogP contribution in [0.25, 0.3) is 0 Å². The number of ether oxygens (including phenoxy) is 1. The Kier molecular flexibility index (Phi) is 6.49. The molecule has 0 N–H and O–H groups in total. The van der Waals surface area contributed by atoms with E-state index in [0.29, 0.717) is 31.0 Å². The van der Waals surface area contributed by atoms with Crippen LogP contribution in [-0.4, -0.2) is 54.9 Å². The van der Waals surface area contributed by atoms with E-state index >= 15 is 0 Å². The van der Waals surface area contributed by atoms with Gasteiger partial charge in [0.15, 0.2) is 0 Å². The van der Waals surface area contributed by atoms with Crippen molar-refractivity contribution in [3.8, 4) is 5.75 Å². The fourth-order valence-electron chi connectivity index (χ4n) is 2.94. The van der Waals surface area contributed by atoms with Crippen LogP contribution in [0.5, 0.6) is 5.75 Å². The minimum absolute atomic E-state index is 0.00823. The third kappa shape index (κ3) is 4.63. The minimum atomic E-state index is -0.299. The van der Waals surface area contributed by atoms with E-state index in [1.807, 2.05) is 19.1 Å². The van der Waals surface area contributed by atoms with Gasteiger partial charge in [0, 0.05) is 32.1 Å². The van der Waals surface area contributed by atoms with Gasteiger partial charge >= 0.3 is 0 Å². The molecule has 0 spiro atoms. The summed E-state index contributed by atoms with van der Waals surface area (Å²) < 4.78 is 5.71. The number of nitrogens with zero attached hydrogens (tertiary/aromatic N) is 2. The zero-order chi connectivity index (χ0) is 17.7. The third-order valence-electron chi connectivity index (χ3n) is 4.23. The Hall–Kier alpha value is -1.75. The molecule has 1 fully saturated rings. The Morgan fingerprint density at radius 2 is 2.12 bits per heavy atom. The summed E-state index contributed by atoms with van der Waals surface area (Å²) in [6, 6.07) is 5.18. The van der Waals surface area contributed by atoms with Gasteiger partial charge in [0.25, 0.3) is 0 Å². The van der Waals surface area contributed by atoms with Crippen molar-refractivity contribution in [2.45, 2.75) is 38.6 Å². The van der Waals surface area contributed by atoms with Gasteiger partial charge in [-0.25, -0.2) is 0 Å². The number of rotatable bonds is 6. The van der Waals surface area contributed by atoms with E-state index in [2.05, 4.69) is 0 Å². The zero-order valence-corrected chi connectivity index (χ0v) is 15.3. The minimum Gasteiger partial charge on any atom is -0.493 e. The van der Waals surface area contributed by atoms with E-state index in [-0.39, 0.29) is 17.9 Å². The van der Waals surface area contributed by atoms with Crippen LogP contribution in [0, 0.1) is 6.92 Å². The first-order chi connectivity index (χ1) is 11.4. The number of likely N-dealkylation sites (tertiary alicyclic amines) is 1. The van der Waals surface area contributed by atoms with Gasteiger partial charge in [-0.3, -0.25) is 9.59 Å². The first kappa shape index (κ1) is 18.6. The van der Waals surface area contributed by atoms with E-state index in [1.54, 1.807) is 30.0 Å². The Bertz CT molecular complexity index is 604. The molecule has 1 heterocycles. The summed E-state index contributed by atoms with van der Waals surface area (Å²) in [5.41, 5.74) is 0.977. The average molecular weight is 353 g/mol. The second kappa shape index (κ2) is 8.38. The predicted molar refractivity (Wildman–Crippen MR) is 94.3 cm³/mol. The standard InChI is InChI=1S/C18H25ClN2O3/c1-13-12-14(19)8-9-16(13)24-11-5-7-17(22)21-10-4-6-15(21)18(23)20(2)3/h8-9,12,15H,4-7,10-11H2,1-3H3. The molecule has 5 nitrogen and oxygen atoms in total. The maximum absolute atomic E-state index is 12.4. The lowest BCUT2D eigenvalue weighted by molar-refractivity contribution is -0.142. The highest BCUT2D eigenvalue weighted by Gasteiger charge is 2.34. The molecule has 2 amide bonds. The third-order valence-corrected chi connectivity index (χ3v) is 4.46. The number of carbonyl (C=O) groups excluding carboxylic acids is 2. The fraction of sp³-hybridized carbons (Fsp3) is 0.556. The summed E-state index contributed by atoms with van der Waals surface area (Å²) in [4.78, 5) is 27.8. The Labute approximate surface area is 148 Å². The number of amides is 2. The molecule has 2 rings (SSSR count). The number of aryl methyl sites for hydroxylation is 1. The zero-order valence-electron chi connectivity index (χ0n) is 14.5. The lowest BCUT2D eigenvalue weighted by atomic mass is 10.2. The van der Waals surface area contributed by atoms with Crippen molar-refractivity contribution in [2.24, 2.45) is 0 Å². The predicted octanol–water partition coefficient (Wildman–Crippen LogP) is 2.89. The van der Waals surface area contributed by atoms with Gasteiger partial charge in [0.2, 0.25) is 11.8 Å². The number of likely N-dealkylation sites (N-methyl/N-ethyl adjacent to an activating group) is 1. The molecule has 6 heteroatoms. The molecule has 0 bridgehead atoms. The van der Waals surface area contributed by atoms with Crippen molar-refractivity contribution in [1.29, 1.82) is 0 Å². The van der Waals surface area contributed by atoms with Gasteiger partial charge in [0.05, 0.1) is 6.61 Å². The summed E-state index contributed by atoms with van der Waals surface area (Å²) in [6.45, 7) is 3.07. The highest BCUT2D eigenvalue weighted by molar-refractivity contribution is 6.30. The summed E-state index contributed by atoms with van der Waals surface area (Å²) in [6.07, 6.45) is 2.66. The van der Waals surface area contributed by atoms with Crippen LogP contribution < -0.4 is 4.74 Å². The van der Waals surface area contributed by atoms with Crippen molar-refractivity contribution >= 4 is 23.4 Å². The van der Waals surface area contributed by atoms with Gasteiger partial charge in [-0.1, -0.05) is 11.6 Å². The second-order valence-electron chi connectivity index (χ2n) is 6.34. The monoisotopic (exact) mass is 352 g/mol. The maximum atomic E-state index is 12.4. The van der Waals surface area contributed by atoms with Crippen LogP contribution in [0.4, 0.5) is 0 Å². The lowest BCUT2D eigenvalue weighted by Gasteiger charge is -2.26. The molecule has 1 aromatic carbocycles. The van der Waals surface area contributed by atoms with Crippen LogP contribution in [-0.2, 0) is 9.59 Å². The Morgan fingerprint density at radius 3 is 2.79 bits per heavy atom. The maximum Gasteiger partial charge on any atom is 0.244 e. The molecule has 1 unspecified atom stereocenters. The van der Waals surface area contributed by atoms with E-state index in [1.165, 1.54) is 0 Å². The highest BCUT2D eigenvalue weighted by Crippen LogP contribution is 2.23. The van der Waals surface area contributed by atoms with E-state index in [4.69, 9.17) is 16.3 Å². The van der Waals surface area contributed by atoms with E-state index < -0.39 is 0 Å². The van der Waals surface area contributed by atoms with Crippen molar-refractivity contribution in [2.75, 3.05) is 27.2 Å². The molecular formula is C18H25ClN2O3. The molecular weight excluding hydrogens is 328 g/mol. The quantitative estimate of drug-likeness (QED) is 0.740. The van der Waals surface area contributed by atoms with Crippen LogP contribution in [0.3, 0.4) is 0 Å². The van der Waals surface area contributed by atoms with Crippen molar-refractivity contribution in [3.05, 3.63) is 28.8 Å². The van der Waals surface area contributed by atoms with Gasteiger partial charge in [-0.2, -0.15) is 0 Å². The normalized spacial score (nSPS) is 17.0. The average Bonchev–Trinajstić information content (AvgIpc) is 3.01. The Morgan fingerprint density at radius 1 is 1.38 bits per heavy atom. The van der Waals surface area contributed by atoms with Gasteiger partial charge in [-0.15, -0.1) is 0 Å². The smallest absolute Gasteiger partial charge is 0.244 e. The summed E-state index contributed by atoms with van der Waals surface area (Å²) >= 11 is 5.92. The number of hydrogen-bond donors (Lipinski definition) is 0. The van der Waals surface area contributed by atoms with Crippen LogP contribution >= 0.6 is 11.6 Å². The van der Waals surface area contributed by atoms with Crippen LogP contribution in [0.15, 0.2) is 18.2 Å². The van der Waals surface area contributed by atoms with Gasteiger partial charge in [0.1, 0.15) is 11.8 Å². The fourth-order valence-corrected chi connectivity index (χ4v) is 3.17. The van der Waals surface area contributed by atoms with E-state index in [0.717, 1.165) is 24.2 Å². The highest BCUT2D eigenvalue weighted by atomic mass is 35.5. The summed E-state index contributed by atoms with van der Waals surface area (Å²) in [5.74, 6) is 0.826. The summed E-state index contributed by atoms with van der Waals surface area (Å²) in [5, 5.41) is 0.681. The van der Waals surface area contributed by atoms with E-state index in [9.17, 15) is 9.59 Å². The van der Waals surface area contributed by atoms with Gasteiger partial charge < -0.3 is 14.5 Å². The Balaban J connectivity index is 1.79. The molecule has 132 valence electrons. The number of hydrogen-bond acceptors (Lipinski definition) is 3. The van der Waals surface area contributed by atoms with Crippen LogP contribution in [0.2, 0.25) is 5.02 Å². The number of carbonyl (C=O) groups is 2. The van der Waals surface area contributed by atoms with Crippen molar-refractivity contribution in [3.63, 3.8) is 0 Å². The number of benzene rings is 1. The largest absolute Gasteiger partial charge is 0.493 e. The molecule has 0 aromatic heterocycles. The van der Waals surface area contributed by atoms with Crippen molar-refractivity contribution in [1.82, 2.24) is 9.80 Å². The molecule has 1 aliphatic heterocycles. The lowest BCUT2D eigenvalue weighted by Crippen LogP contribution is -2.45. The summed E-state index contributed by atoms with van der Waals surface area (Å²) in [7, 11) is 3.46. The first-order valence-corrected chi connectivity index (χ1v) is 8.67. The molecule has 0 saturated carbocycles. The molecule has 1 aromatic rings. The molecule has 0 aliphatic carbocycles. The molecule has 1 saturated heterocycles. The molecule has 1 aliphatic rings. The first-order valence-electron chi connectivity index (χ1n) is 8.29. The SMILES string of the molecule is Cc1cc(Cl)ccc1OCCCC(=O)N1CCCC1C(=O)N(C)C. The topological polar surface area (TPSA) is 49.9 Å². The number of halogens is 1. The molecule has 24 heavy (non-hydrogen) atoms. The van der Waals surface area contributed by atoms with Crippen LogP contribution in [0.1, 0.15) is 31.2 Å². The van der Waals surface area contributed by atoms with Gasteiger partial charge in [-0.05, 0) is 49.9 Å². The molecule has 1 atom stereocenters. The van der Waals surface area contributed by atoms with Crippen molar-refractivity contribution < 1.29 is 14.3 Å².